The van der Waals surface area contributed by atoms with Crippen LogP contribution in [0.25, 0.3) is 22.4 Å². The molecule has 0 bridgehead atoms. The van der Waals surface area contributed by atoms with E-state index < -0.39 is 0 Å². The van der Waals surface area contributed by atoms with Crippen molar-refractivity contribution in [3.63, 3.8) is 0 Å². The average Bonchev–Trinajstić information content (AvgIpc) is 3.25. The topological polar surface area (TPSA) is 65.7 Å². The van der Waals surface area contributed by atoms with Gasteiger partial charge in [0.2, 0.25) is 4.96 Å². The predicted molar refractivity (Wildman–Crippen MR) is 115 cm³/mol. The van der Waals surface area contributed by atoms with Crippen molar-refractivity contribution in [1.29, 1.82) is 0 Å². The number of hydrogen-bond acceptors (Lipinski definition) is 6. The van der Waals surface area contributed by atoms with Crippen molar-refractivity contribution in [3.8, 4) is 22.9 Å². The Hall–Kier alpha value is -2.90. The molecule has 8 heteroatoms. The molecule has 0 atom stereocenters. The Morgan fingerprint density at radius 1 is 1.07 bits per heavy atom. The van der Waals surface area contributed by atoms with Gasteiger partial charge in [-0.25, -0.2) is 0 Å². The van der Waals surface area contributed by atoms with Gasteiger partial charge in [-0.2, -0.15) is 9.50 Å². The maximum atomic E-state index is 12.8. The lowest BCUT2D eigenvalue weighted by Gasteiger charge is -2.11. The molecule has 4 aromatic rings. The zero-order valence-corrected chi connectivity index (χ0v) is 17.5. The highest BCUT2D eigenvalue weighted by molar-refractivity contribution is 7.15. The molecule has 0 saturated heterocycles. The number of halogens is 1. The van der Waals surface area contributed by atoms with Crippen LogP contribution in [0.1, 0.15) is 19.4 Å². The highest BCUT2D eigenvalue weighted by Gasteiger charge is 2.12. The Morgan fingerprint density at radius 3 is 2.48 bits per heavy atom. The molecule has 148 valence electrons. The second-order valence-electron chi connectivity index (χ2n) is 6.12. The maximum Gasteiger partial charge on any atom is 0.291 e. The Bertz CT molecular complexity index is 1270. The highest BCUT2D eigenvalue weighted by Crippen LogP contribution is 2.28. The summed E-state index contributed by atoms with van der Waals surface area (Å²) < 4.78 is 13.1. The van der Waals surface area contributed by atoms with E-state index in [1.165, 1.54) is 15.9 Å². The summed E-state index contributed by atoms with van der Waals surface area (Å²) in [5.41, 5.74) is 1.45. The molecule has 0 aliphatic heterocycles. The van der Waals surface area contributed by atoms with E-state index >= 15 is 0 Å². The van der Waals surface area contributed by atoms with E-state index in [1.807, 2.05) is 50.3 Å². The van der Waals surface area contributed by atoms with Crippen molar-refractivity contribution in [2.45, 2.75) is 13.8 Å². The molecule has 4 rings (SSSR count). The van der Waals surface area contributed by atoms with Crippen LogP contribution in [0.15, 0.2) is 47.3 Å². The summed E-state index contributed by atoms with van der Waals surface area (Å²) in [5.74, 6) is 1.83. The average molecular weight is 428 g/mol. The number of thiazole rings is 1. The number of ether oxygens (including phenoxy) is 2. The number of nitrogens with zero attached hydrogens (tertiary/aromatic N) is 3. The second kappa shape index (κ2) is 8.23. The van der Waals surface area contributed by atoms with E-state index in [0.717, 1.165) is 11.1 Å². The van der Waals surface area contributed by atoms with Crippen molar-refractivity contribution < 1.29 is 9.47 Å². The summed E-state index contributed by atoms with van der Waals surface area (Å²) in [6, 6.07) is 12.8. The number of fused-ring (bicyclic) bond motifs is 1. The van der Waals surface area contributed by atoms with Gasteiger partial charge in [-0.3, -0.25) is 4.79 Å². The molecular formula is C21H18ClN3O3S. The smallest absolute Gasteiger partial charge is 0.291 e. The number of aromatic nitrogens is 3. The van der Waals surface area contributed by atoms with Gasteiger partial charge in [-0.1, -0.05) is 29.0 Å². The molecule has 6 nitrogen and oxygen atoms in total. The third-order valence-corrected chi connectivity index (χ3v) is 5.36. The molecular weight excluding hydrogens is 410 g/mol. The van der Waals surface area contributed by atoms with Gasteiger partial charge in [0, 0.05) is 10.6 Å². The second-order valence-corrected chi connectivity index (χ2v) is 7.57. The van der Waals surface area contributed by atoms with E-state index in [2.05, 4.69) is 10.1 Å². The van der Waals surface area contributed by atoms with E-state index in [-0.39, 0.29) is 5.56 Å². The predicted octanol–water partition coefficient (Wildman–Crippen LogP) is 3.82. The lowest BCUT2D eigenvalue weighted by atomic mass is 10.2. The molecule has 0 radical (unpaired) electrons. The fourth-order valence-corrected chi connectivity index (χ4v) is 3.90. The SMILES string of the molecule is CCOc1ccc(/C=c2/sc3nc(-c4ccc(Cl)cc4)nn3c2=O)cc1OCC. The van der Waals surface area contributed by atoms with Crippen LogP contribution in [0.2, 0.25) is 5.02 Å². The van der Waals surface area contributed by atoms with Crippen LogP contribution in [0.4, 0.5) is 0 Å². The minimum Gasteiger partial charge on any atom is -0.490 e. The van der Waals surface area contributed by atoms with Crippen LogP contribution >= 0.6 is 22.9 Å². The first-order chi connectivity index (χ1) is 14.1. The van der Waals surface area contributed by atoms with Crippen molar-refractivity contribution in [2.24, 2.45) is 0 Å². The number of rotatable bonds is 6. The van der Waals surface area contributed by atoms with Gasteiger partial charge in [0.25, 0.3) is 5.56 Å². The minimum atomic E-state index is -0.204. The van der Waals surface area contributed by atoms with E-state index in [4.69, 9.17) is 21.1 Å². The fraction of sp³-hybridized carbons (Fsp3) is 0.190. The van der Waals surface area contributed by atoms with Crippen LogP contribution in [0.5, 0.6) is 11.5 Å². The first kappa shape index (κ1) is 19.4. The molecule has 0 saturated carbocycles. The summed E-state index contributed by atoms with van der Waals surface area (Å²) in [4.78, 5) is 17.8. The lowest BCUT2D eigenvalue weighted by molar-refractivity contribution is 0.287. The van der Waals surface area contributed by atoms with Gasteiger partial charge in [0.05, 0.1) is 17.7 Å². The van der Waals surface area contributed by atoms with Crippen LogP contribution in [0.3, 0.4) is 0 Å². The maximum absolute atomic E-state index is 12.8. The standard InChI is InChI=1S/C21H18ClN3O3S/c1-3-27-16-10-5-13(11-17(16)28-4-2)12-18-20(26)25-21(29-18)23-19(24-25)14-6-8-15(22)9-7-14/h5-12H,3-4H2,1-2H3/b18-12+. The zero-order chi connectivity index (χ0) is 20.4. The molecule has 0 aliphatic carbocycles. The summed E-state index contributed by atoms with van der Waals surface area (Å²) in [6.45, 7) is 4.92. The first-order valence-electron chi connectivity index (χ1n) is 9.16. The monoisotopic (exact) mass is 427 g/mol. The summed E-state index contributed by atoms with van der Waals surface area (Å²) in [6.07, 6.45) is 1.81. The fourth-order valence-electron chi connectivity index (χ4n) is 2.86. The van der Waals surface area contributed by atoms with Gasteiger partial charge >= 0.3 is 0 Å². The summed E-state index contributed by atoms with van der Waals surface area (Å²) >= 11 is 7.22. The van der Waals surface area contributed by atoms with Gasteiger partial charge in [-0.15, -0.1) is 5.10 Å². The Labute approximate surface area is 176 Å². The molecule has 29 heavy (non-hydrogen) atoms. The summed E-state index contributed by atoms with van der Waals surface area (Å²) in [5, 5.41) is 4.99. The Morgan fingerprint density at radius 2 is 1.79 bits per heavy atom. The molecule has 2 aromatic carbocycles. The molecule has 0 fully saturated rings. The Kier molecular flexibility index (Phi) is 5.51. The number of benzene rings is 2. The normalized spacial score (nSPS) is 11.9. The molecule has 2 heterocycles. The quantitative estimate of drug-likeness (QED) is 0.468. The summed E-state index contributed by atoms with van der Waals surface area (Å²) in [7, 11) is 0. The van der Waals surface area contributed by atoms with Gasteiger partial charge in [0.15, 0.2) is 17.3 Å². The van der Waals surface area contributed by atoms with Gasteiger partial charge in [0.1, 0.15) is 0 Å². The van der Waals surface area contributed by atoms with Crippen molar-refractivity contribution in [1.82, 2.24) is 14.6 Å². The van der Waals surface area contributed by atoms with E-state index in [1.54, 1.807) is 12.1 Å². The molecule has 0 aliphatic rings. The van der Waals surface area contributed by atoms with Crippen molar-refractivity contribution >= 4 is 34.0 Å². The van der Waals surface area contributed by atoms with Crippen LogP contribution in [-0.2, 0) is 0 Å². The van der Waals surface area contributed by atoms with Crippen LogP contribution < -0.4 is 19.6 Å². The van der Waals surface area contributed by atoms with Crippen LogP contribution in [0, 0.1) is 0 Å². The lowest BCUT2D eigenvalue weighted by Crippen LogP contribution is -2.23. The van der Waals surface area contributed by atoms with Crippen LogP contribution in [-0.4, -0.2) is 27.8 Å². The third kappa shape index (κ3) is 3.97. The third-order valence-electron chi connectivity index (χ3n) is 4.15. The molecule has 0 spiro atoms. The van der Waals surface area contributed by atoms with Crippen molar-refractivity contribution in [3.05, 3.63) is 67.9 Å². The largest absolute Gasteiger partial charge is 0.490 e. The Balaban J connectivity index is 1.72. The molecule has 0 unspecified atom stereocenters. The van der Waals surface area contributed by atoms with E-state index in [0.29, 0.717) is 45.1 Å². The molecule has 2 aromatic heterocycles. The number of hydrogen-bond donors (Lipinski definition) is 0. The highest BCUT2D eigenvalue weighted by atomic mass is 35.5. The van der Waals surface area contributed by atoms with Gasteiger partial charge in [-0.05, 0) is 61.9 Å². The zero-order valence-electron chi connectivity index (χ0n) is 15.9. The minimum absolute atomic E-state index is 0.204. The van der Waals surface area contributed by atoms with Gasteiger partial charge < -0.3 is 9.47 Å². The molecule has 0 amide bonds. The first-order valence-corrected chi connectivity index (χ1v) is 10.4. The molecule has 0 N–H and O–H groups in total. The van der Waals surface area contributed by atoms with E-state index in [9.17, 15) is 4.79 Å². The van der Waals surface area contributed by atoms with Crippen molar-refractivity contribution in [2.75, 3.05) is 13.2 Å².